The number of nitrogens with two attached hydrogens (primary N) is 1. The SMILES string of the molecule is NC(CCC(=O)O)C1CCSC1. The van der Waals surface area contributed by atoms with Gasteiger partial charge in [-0.2, -0.15) is 11.8 Å². The van der Waals surface area contributed by atoms with E-state index >= 15 is 0 Å². The van der Waals surface area contributed by atoms with Gasteiger partial charge < -0.3 is 10.8 Å². The normalized spacial score (nSPS) is 25.6. The molecule has 0 aliphatic carbocycles. The Labute approximate surface area is 76.7 Å². The third kappa shape index (κ3) is 3.03. The molecule has 1 heterocycles. The maximum atomic E-state index is 10.3. The molecule has 1 saturated heterocycles. The van der Waals surface area contributed by atoms with Crippen molar-refractivity contribution in [2.75, 3.05) is 11.5 Å². The van der Waals surface area contributed by atoms with Crippen molar-refractivity contribution < 1.29 is 9.90 Å². The van der Waals surface area contributed by atoms with E-state index in [4.69, 9.17) is 10.8 Å². The summed E-state index contributed by atoms with van der Waals surface area (Å²) in [7, 11) is 0. The van der Waals surface area contributed by atoms with Crippen LogP contribution in [0.1, 0.15) is 19.3 Å². The number of carboxylic acids is 1. The highest BCUT2D eigenvalue weighted by Crippen LogP contribution is 2.26. The van der Waals surface area contributed by atoms with Crippen molar-refractivity contribution in [1.29, 1.82) is 0 Å². The van der Waals surface area contributed by atoms with Gasteiger partial charge in [-0.15, -0.1) is 0 Å². The predicted octanol–water partition coefficient (Wildman–Crippen LogP) is 0.932. The van der Waals surface area contributed by atoms with E-state index in [-0.39, 0.29) is 12.5 Å². The highest BCUT2D eigenvalue weighted by molar-refractivity contribution is 7.99. The highest BCUT2D eigenvalue weighted by Gasteiger charge is 2.22. The number of hydrogen-bond donors (Lipinski definition) is 2. The molecule has 1 aliphatic rings. The van der Waals surface area contributed by atoms with Gasteiger partial charge >= 0.3 is 5.97 Å². The molecular formula is C8H15NO2S. The molecule has 2 unspecified atom stereocenters. The zero-order valence-electron chi connectivity index (χ0n) is 7.03. The number of carbonyl (C=O) groups is 1. The fraction of sp³-hybridized carbons (Fsp3) is 0.875. The smallest absolute Gasteiger partial charge is 0.303 e. The zero-order valence-corrected chi connectivity index (χ0v) is 7.85. The van der Waals surface area contributed by atoms with E-state index in [0.29, 0.717) is 12.3 Å². The average molecular weight is 189 g/mol. The molecule has 3 nitrogen and oxygen atoms in total. The molecule has 12 heavy (non-hydrogen) atoms. The van der Waals surface area contributed by atoms with Gasteiger partial charge in [0.2, 0.25) is 0 Å². The van der Waals surface area contributed by atoms with Crippen LogP contribution in [-0.4, -0.2) is 28.6 Å². The maximum absolute atomic E-state index is 10.3. The Morgan fingerprint density at radius 2 is 2.50 bits per heavy atom. The number of aliphatic carboxylic acids is 1. The first-order valence-corrected chi connectivity index (χ1v) is 5.40. The highest BCUT2D eigenvalue weighted by atomic mass is 32.2. The van der Waals surface area contributed by atoms with E-state index in [1.54, 1.807) is 0 Å². The Morgan fingerprint density at radius 1 is 1.75 bits per heavy atom. The Bertz CT molecular complexity index is 157. The molecule has 4 heteroatoms. The van der Waals surface area contributed by atoms with Crippen molar-refractivity contribution >= 4 is 17.7 Å². The van der Waals surface area contributed by atoms with Gasteiger partial charge in [-0.1, -0.05) is 0 Å². The maximum Gasteiger partial charge on any atom is 0.303 e. The summed E-state index contributed by atoms with van der Waals surface area (Å²) in [5, 5.41) is 8.44. The number of carboxylic acid groups (broad SMARTS) is 1. The molecule has 0 bridgehead atoms. The summed E-state index contributed by atoms with van der Waals surface area (Å²) in [6.07, 6.45) is 1.99. The minimum atomic E-state index is -0.740. The lowest BCUT2D eigenvalue weighted by Crippen LogP contribution is -2.30. The molecule has 0 aromatic heterocycles. The third-order valence-electron chi connectivity index (χ3n) is 2.26. The molecule has 0 radical (unpaired) electrons. The summed E-state index contributed by atoms with van der Waals surface area (Å²) in [6, 6.07) is 0.0936. The van der Waals surface area contributed by atoms with Crippen LogP contribution in [0.2, 0.25) is 0 Å². The fourth-order valence-electron chi connectivity index (χ4n) is 1.42. The quantitative estimate of drug-likeness (QED) is 0.690. The van der Waals surface area contributed by atoms with Crippen LogP contribution < -0.4 is 5.73 Å². The Kier molecular flexibility index (Phi) is 3.88. The van der Waals surface area contributed by atoms with Gasteiger partial charge in [0.05, 0.1) is 0 Å². The minimum absolute atomic E-state index is 0.0936. The van der Waals surface area contributed by atoms with Crippen LogP contribution in [0.4, 0.5) is 0 Å². The van der Waals surface area contributed by atoms with Crippen LogP contribution in [0.25, 0.3) is 0 Å². The van der Waals surface area contributed by atoms with E-state index in [1.165, 1.54) is 5.75 Å². The van der Waals surface area contributed by atoms with Gasteiger partial charge in [-0.05, 0) is 30.3 Å². The van der Waals surface area contributed by atoms with Gasteiger partial charge in [0, 0.05) is 12.5 Å². The van der Waals surface area contributed by atoms with Crippen molar-refractivity contribution in [2.45, 2.75) is 25.3 Å². The summed E-state index contributed by atoms with van der Waals surface area (Å²) in [6.45, 7) is 0. The summed E-state index contributed by atoms with van der Waals surface area (Å²) in [5.74, 6) is 2.11. The van der Waals surface area contributed by atoms with Crippen LogP contribution in [0.5, 0.6) is 0 Å². The van der Waals surface area contributed by atoms with Gasteiger partial charge in [0.25, 0.3) is 0 Å². The molecule has 70 valence electrons. The minimum Gasteiger partial charge on any atom is -0.481 e. The first-order valence-electron chi connectivity index (χ1n) is 4.25. The summed E-state index contributed by atoms with van der Waals surface area (Å²) < 4.78 is 0. The molecule has 0 aromatic carbocycles. The third-order valence-corrected chi connectivity index (χ3v) is 3.45. The lowest BCUT2D eigenvalue weighted by Gasteiger charge is -2.16. The lowest BCUT2D eigenvalue weighted by atomic mass is 9.96. The zero-order chi connectivity index (χ0) is 8.97. The summed E-state index contributed by atoms with van der Waals surface area (Å²) in [5.41, 5.74) is 5.85. The van der Waals surface area contributed by atoms with E-state index in [9.17, 15) is 4.79 Å². The first kappa shape index (κ1) is 9.86. The summed E-state index contributed by atoms with van der Waals surface area (Å²) in [4.78, 5) is 10.3. The van der Waals surface area contributed by atoms with Crippen molar-refractivity contribution in [2.24, 2.45) is 11.7 Å². The summed E-state index contributed by atoms with van der Waals surface area (Å²) >= 11 is 1.92. The van der Waals surface area contributed by atoms with Crippen LogP contribution in [0.3, 0.4) is 0 Å². The predicted molar refractivity (Wildman–Crippen MR) is 50.3 cm³/mol. The van der Waals surface area contributed by atoms with Gasteiger partial charge in [-0.3, -0.25) is 4.79 Å². The van der Waals surface area contributed by atoms with E-state index in [2.05, 4.69) is 0 Å². The molecule has 2 atom stereocenters. The van der Waals surface area contributed by atoms with Crippen LogP contribution in [0, 0.1) is 5.92 Å². The van der Waals surface area contributed by atoms with Crippen molar-refractivity contribution in [1.82, 2.24) is 0 Å². The Hall–Kier alpha value is -0.220. The molecule has 1 rings (SSSR count). The Morgan fingerprint density at radius 3 is 3.00 bits per heavy atom. The van der Waals surface area contributed by atoms with Crippen LogP contribution >= 0.6 is 11.8 Å². The van der Waals surface area contributed by atoms with Crippen molar-refractivity contribution in [3.05, 3.63) is 0 Å². The number of thioether (sulfide) groups is 1. The van der Waals surface area contributed by atoms with Gasteiger partial charge in [-0.25, -0.2) is 0 Å². The number of rotatable bonds is 4. The van der Waals surface area contributed by atoms with E-state index in [0.717, 1.165) is 12.2 Å². The number of hydrogen-bond acceptors (Lipinski definition) is 3. The fourth-order valence-corrected chi connectivity index (χ4v) is 2.77. The molecule has 1 fully saturated rings. The molecule has 0 amide bonds. The molecular weight excluding hydrogens is 174 g/mol. The second-order valence-corrected chi connectivity index (χ2v) is 4.37. The van der Waals surface area contributed by atoms with E-state index in [1.807, 2.05) is 11.8 Å². The molecule has 0 aromatic rings. The largest absolute Gasteiger partial charge is 0.481 e. The van der Waals surface area contributed by atoms with E-state index < -0.39 is 5.97 Å². The molecule has 0 spiro atoms. The Balaban J connectivity index is 2.17. The topological polar surface area (TPSA) is 63.3 Å². The molecule has 0 saturated carbocycles. The second-order valence-electron chi connectivity index (χ2n) is 3.22. The van der Waals surface area contributed by atoms with Gasteiger partial charge in [0.1, 0.15) is 0 Å². The first-order chi connectivity index (χ1) is 5.70. The standard InChI is InChI=1S/C8H15NO2S/c9-7(1-2-8(10)11)6-3-4-12-5-6/h6-7H,1-5,9H2,(H,10,11). The average Bonchev–Trinajstić information content (AvgIpc) is 2.51. The molecule has 1 aliphatic heterocycles. The van der Waals surface area contributed by atoms with Crippen molar-refractivity contribution in [3.8, 4) is 0 Å². The monoisotopic (exact) mass is 189 g/mol. The van der Waals surface area contributed by atoms with Crippen LogP contribution in [0.15, 0.2) is 0 Å². The second kappa shape index (κ2) is 4.72. The molecule has 3 N–H and O–H groups in total. The van der Waals surface area contributed by atoms with Crippen molar-refractivity contribution in [3.63, 3.8) is 0 Å². The van der Waals surface area contributed by atoms with Gasteiger partial charge in [0.15, 0.2) is 0 Å². The van der Waals surface area contributed by atoms with Crippen LogP contribution in [-0.2, 0) is 4.79 Å². The lowest BCUT2D eigenvalue weighted by molar-refractivity contribution is -0.137.